The zero-order chi connectivity index (χ0) is 15.7. The minimum atomic E-state index is -1.13. The molecule has 0 heterocycles. The molecule has 114 valence electrons. The average molecular weight is 312 g/mol. The van der Waals surface area contributed by atoms with Gasteiger partial charge in [-0.15, -0.1) is 0 Å². The zero-order valence-electron chi connectivity index (χ0n) is 11.8. The fourth-order valence-corrected chi connectivity index (χ4v) is 1.82. The Labute approximate surface area is 128 Å². The maximum Gasteiger partial charge on any atom is 0.349 e. The number of carboxylic acid groups (broad SMARTS) is 1. The molecule has 0 amide bonds. The van der Waals surface area contributed by atoms with Crippen LogP contribution in [0.5, 0.6) is 0 Å². The van der Waals surface area contributed by atoms with Gasteiger partial charge in [0, 0.05) is 5.02 Å². The van der Waals surface area contributed by atoms with Crippen molar-refractivity contribution in [3.8, 4) is 0 Å². The van der Waals surface area contributed by atoms with Crippen molar-refractivity contribution in [3.63, 3.8) is 0 Å². The van der Waals surface area contributed by atoms with Crippen LogP contribution < -0.4 is 0 Å². The summed E-state index contributed by atoms with van der Waals surface area (Å²) in [6.45, 7) is 2.44. The van der Waals surface area contributed by atoms with Gasteiger partial charge in [0.25, 0.3) is 0 Å². The molecule has 0 aliphatic heterocycles. The molecule has 1 N–H and O–H groups in total. The van der Waals surface area contributed by atoms with Gasteiger partial charge in [-0.1, -0.05) is 37.8 Å². The molecule has 0 bridgehead atoms. The largest absolute Gasteiger partial charge is 0.478 e. The quantitative estimate of drug-likeness (QED) is 0.449. The second-order valence-corrected chi connectivity index (χ2v) is 4.89. The van der Waals surface area contributed by atoms with Crippen LogP contribution in [0, 0.1) is 0 Å². The van der Waals surface area contributed by atoms with Gasteiger partial charge in [0.15, 0.2) is 0 Å². The molecule has 0 aliphatic carbocycles. The molecule has 5 nitrogen and oxygen atoms in total. The van der Waals surface area contributed by atoms with Gasteiger partial charge in [0.1, 0.15) is 6.21 Å². The molecule has 21 heavy (non-hydrogen) atoms. The van der Waals surface area contributed by atoms with Crippen LogP contribution in [0.4, 0.5) is 5.69 Å². The lowest BCUT2D eigenvalue weighted by Crippen LogP contribution is -2.07. The highest BCUT2D eigenvalue weighted by molar-refractivity contribution is 6.31. The van der Waals surface area contributed by atoms with Gasteiger partial charge < -0.3 is 9.84 Å². The van der Waals surface area contributed by atoms with E-state index in [0.29, 0.717) is 11.6 Å². The summed E-state index contributed by atoms with van der Waals surface area (Å²) in [7, 11) is 0. The number of ether oxygens (including phenoxy) is 1. The van der Waals surface area contributed by atoms with Gasteiger partial charge in [-0.25, -0.2) is 14.6 Å². The summed E-state index contributed by atoms with van der Waals surface area (Å²) in [4.78, 5) is 26.3. The number of carboxylic acids is 1. The van der Waals surface area contributed by atoms with Crippen molar-refractivity contribution in [1.82, 2.24) is 0 Å². The van der Waals surface area contributed by atoms with E-state index < -0.39 is 11.9 Å². The molecule has 0 saturated carbocycles. The molecule has 0 aromatic heterocycles. The molecule has 0 radical (unpaired) electrons. The molecule has 6 heteroatoms. The van der Waals surface area contributed by atoms with Crippen LogP contribution in [-0.2, 0) is 9.53 Å². The third kappa shape index (κ3) is 6.40. The highest BCUT2D eigenvalue weighted by Crippen LogP contribution is 2.23. The predicted molar refractivity (Wildman–Crippen MR) is 81.7 cm³/mol. The summed E-state index contributed by atoms with van der Waals surface area (Å²) in [6.07, 6.45) is 5.01. The Kier molecular flexibility index (Phi) is 7.46. The minimum absolute atomic E-state index is 0.0219. The first-order valence-corrected chi connectivity index (χ1v) is 7.16. The summed E-state index contributed by atoms with van der Waals surface area (Å²) < 4.78 is 4.97. The van der Waals surface area contributed by atoms with E-state index in [0.717, 1.165) is 31.9 Å². The number of carbonyl (C=O) groups is 2. The van der Waals surface area contributed by atoms with E-state index in [1.165, 1.54) is 18.2 Å². The molecule has 1 aromatic carbocycles. The normalized spacial score (nSPS) is 10.8. The van der Waals surface area contributed by atoms with Crippen molar-refractivity contribution >= 4 is 35.4 Å². The average Bonchev–Trinajstić information content (AvgIpc) is 2.44. The van der Waals surface area contributed by atoms with Crippen LogP contribution >= 0.6 is 11.6 Å². The molecule has 0 aliphatic rings. The van der Waals surface area contributed by atoms with Crippen LogP contribution in [-0.4, -0.2) is 29.9 Å². The van der Waals surface area contributed by atoms with Crippen LogP contribution in [0.1, 0.15) is 43.0 Å². The first-order valence-electron chi connectivity index (χ1n) is 6.78. The van der Waals surface area contributed by atoms with Gasteiger partial charge in [0.05, 0.1) is 17.9 Å². The minimum Gasteiger partial charge on any atom is -0.478 e. The number of hydrogen-bond acceptors (Lipinski definition) is 4. The van der Waals surface area contributed by atoms with Gasteiger partial charge in [0.2, 0.25) is 0 Å². The van der Waals surface area contributed by atoms with Crippen molar-refractivity contribution in [2.45, 2.75) is 32.6 Å². The van der Waals surface area contributed by atoms with Crippen LogP contribution in [0.15, 0.2) is 23.2 Å². The third-order valence-corrected chi connectivity index (χ3v) is 2.98. The molecule has 0 fully saturated rings. The number of rotatable bonds is 8. The second kappa shape index (κ2) is 9.13. The molecular weight excluding hydrogens is 294 g/mol. The Morgan fingerprint density at radius 3 is 2.76 bits per heavy atom. The number of unbranched alkanes of at least 4 members (excludes halogenated alkanes) is 3. The Hall–Kier alpha value is -1.88. The van der Waals surface area contributed by atoms with Gasteiger partial charge in [-0.2, -0.15) is 0 Å². The smallest absolute Gasteiger partial charge is 0.349 e. The summed E-state index contributed by atoms with van der Waals surface area (Å²) >= 11 is 5.79. The van der Waals surface area contributed by atoms with E-state index >= 15 is 0 Å². The molecule has 0 spiro atoms. The number of esters is 1. The topological polar surface area (TPSA) is 76.0 Å². The Morgan fingerprint density at radius 2 is 2.10 bits per heavy atom. The van der Waals surface area contributed by atoms with Crippen molar-refractivity contribution in [2.24, 2.45) is 4.99 Å². The van der Waals surface area contributed by atoms with Crippen molar-refractivity contribution in [3.05, 3.63) is 28.8 Å². The third-order valence-electron chi connectivity index (χ3n) is 2.74. The second-order valence-electron chi connectivity index (χ2n) is 4.45. The fourth-order valence-electron chi connectivity index (χ4n) is 1.65. The van der Waals surface area contributed by atoms with Gasteiger partial charge >= 0.3 is 11.9 Å². The summed E-state index contributed by atoms with van der Waals surface area (Å²) in [6, 6.07) is 4.18. The lowest BCUT2D eigenvalue weighted by molar-refractivity contribution is -0.135. The monoisotopic (exact) mass is 311 g/mol. The van der Waals surface area contributed by atoms with E-state index in [4.69, 9.17) is 21.4 Å². The summed E-state index contributed by atoms with van der Waals surface area (Å²) in [5.74, 6) is -1.73. The molecule has 1 rings (SSSR count). The summed E-state index contributed by atoms with van der Waals surface area (Å²) in [5, 5.41) is 9.36. The van der Waals surface area contributed by atoms with E-state index in [1.54, 1.807) is 0 Å². The number of hydrogen-bond donors (Lipinski definition) is 1. The van der Waals surface area contributed by atoms with Crippen molar-refractivity contribution in [2.75, 3.05) is 6.61 Å². The highest BCUT2D eigenvalue weighted by Gasteiger charge is 2.10. The van der Waals surface area contributed by atoms with Crippen LogP contribution in [0.25, 0.3) is 0 Å². The number of nitrogens with zero attached hydrogens (tertiary/aromatic N) is 1. The first-order chi connectivity index (χ1) is 10.0. The van der Waals surface area contributed by atoms with Crippen LogP contribution in [0.3, 0.4) is 0 Å². The lowest BCUT2D eigenvalue weighted by Gasteiger charge is -2.02. The first kappa shape index (κ1) is 17.2. The SMILES string of the molecule is CCCCCCOC(=O)C=Nc1cc(Cl)ccc1C(=O)O. The van der Waals surface area contributed by atoms with E-state index in [9.17, 15) is 9.59 Å². The maximum atomic E-state index is 11.5. The molecule has 1 aromatic rings. The van der Waals surface area contributed by atoms with Crippen molar-refractivity contribution < 1.29 is 19.4 Å². The fraction of sp³-hybridized carbons (Fsp3) is 0.400. The number of aliphatic imine (C=N–C) groups is 1. The molecule has 0 saturated heterocycles. The van der Waals surface area contributed by atoms with Crippen LogP contribution in [0.2, 0.25) is 5.02 Å². The molecule has 0 atom stereocenters. The zero-order valence-corrected chi connectivity index (χ0v) is 12.6. The lowest BCUT2D eigenvalue weighted by atomic mass is 10.2. The molecular formula is C15H18ClNO4. The predicted octanol–water partition coefficient (Wildman–Crippen LogP) is 3.86. The number of carbonyl (C=O) groups excluding carboxylic acids is 1. The van der Waals surface area contributed by atoms with E-state index in [-0.39, 0.29) is 11.3 Å². The van der Waals surface area contributed by atoms with Gasteiger partial charge in [-0.3, -0.25) is 0 Å². The maximum absolute atomic E-state index is 11.5. The highest BCUT2D eigenvalue weighted by atomic mass is 35.5. The van der Waals surface area contributed by atoms with Crippen molar-refractivity contribution in [1.29, 1.82) is 0 Å². The standard InChI is InChI=1S/C15H18ClNO4/c1-2-3-4-5-8-21-14(18)10-17-13-9-11(16)6-7-12(13)15(19)20/h6-7,9-10H,2-5,8H2,1H3,(H,19,20). The number of halogens is 1. The van der Waals surface area contributed by atoms with Gasteiger partial charge in [-0.05, 0) is 24.6 Å². The number of aromatic carboxylic acids is 1. The van der Waals surface area contributed by atoms with E-state index in [2.05, 4.69) is 11.9 Å². The Bertz CT molecular complexity index is 528. The van der Waals surface area contributed by atoms with E-state index in [1.807, 2.05) is 0 Å². The Balaban J connectivity index is 2.57. The molecule has 0 unspecified atom stereocenters. The number of benzene rings is 1. The summed E-state index contributed by atoms with van der Waals surface area (Å²) in [5.41, 5.74) is 0.101. The Morgan fingerprint density at radius 1 is 1.33 bits per heavy atom.